The van der Waals surface area contributed by atoms with Crippen LogP contribution in [0.4, 0.5) is 5.95 Å². The van der Waals surface area contributed by atoms with Gasteiger partial charge in [-0.15, -0.1) is 0 Å². The van der Waals surface area contributed by atoms with Crippen LogP contribution in [0.3, 0.4) is 0 Å². The van der Waals surface area contributed by atoms with E-state index in [4.69, 9.17) is 0 Å². The monoisotopic (exact) mass is 322 g/mol. The summed E-state index contributed by atoms with van der Waals surface area (Å²) in [6, 6.07) is 7.44. The molecule has 19 heavy (non-hydrogen) atoms. The van der Waals surface area contributed by atoms with Crippen LogP contribution in [0.25, 0.3) is 10.9 Å². The number of hydrogen-bond donors (Lipinski definition) is 0. The average molecular weight is 323 g/mol. The van der Waals surface area contributed by atoms with Gasteiger partial charge >= 0.3 is 0 Å². The number of rotatable bonds is 1. The lowest BCUT2D eigenvalue weighted by atomic mass is 10.2. The molecule has 0 atom stereocenters. The maximum absolute atomic E-state index is 12.3. The van der Waals surface area contributed by atoms with E-state index >= 15 is 0 Å². The fraction of sp³-hybridized carbons (Fsp3) is 0.385. The van der Waals surface area contributed by atoms with E-state index in [-0.39, 0.29) is 5.56 Å². The van der Waals surface area contributed by atoms with E-state index in [1.165, 1.54) is 3.59 Å². The van der Waals surface area contributed by atoms with E-state index in [0.29, 0.717) is 11.3 Å². The second-order valence-corrected chi connectivity index (χ2v) is 5.51. The Morgan fingerprint density at radius 2 is 1.84 bits per heavy atom. The quantitative estimate of drug-likeness (QED) is 0.793. The molecule has 5 nitrogen and oxygen atoms in total. The van der Waals surface area contributed by atoms with Crippen molar-refractivity contribution in [3.63, 3.8) is 0 Å². The third-order valence-electron chi connectivity index (χ3n) is 3.49. The lowest BCUT2D eigenvalue weighted by Gasteiger charge is -2.33. The fourth-order valence-corrected chi connectivity index (χ4v) is 2.80. The summed E-state index contributed by atoms with van der Waals surface area (Å²) in [6.07, 6.45) is 0. The van der Waals surface area contributed by atoms with E-state index in [2.05, 4.69) is 38.0 Å². The number of nitrogens with zero attached hydrogens (tertiary/aromatic N) is 4. The van der Waals surface area contributed by atoms with Gasteiger partial charge in [-0.05, 0) is 19.2 Å². The third kappa shape index (κ3) is 2.26. The van der Waals surface area contributed by atoms with Crippen LogP contribution in [-0.2, 0) is 0 Å². The molecule has 0 aliphatic carbocycles. The number of aromatic nitrogens is 2. The number of benzene rings is 1. The van der Waals surface area contributed by atoms with Crippen LogP contribution >= 0.6 is 16.1 Å². The van der Waals surface area contributed by atoms with Crippen molar-refractivity contribution in [3.05, 3.63) is 34.6 Å². The van der Waals surface area contributed by atoms with Crippen molar-refractivity contribution < 1.29 is 0 Å². The Kier molecular flexibility index (Phi) is 3.28. The molecule has 1 aromatic carbocycles. The first-order valence-corrected chi connectivity index (χ1v) is 6.99. The van der Waals surface area contributed by atoms with E-state index in [0.717, 1.165) is 31.7 Å². The van der Waals surface area contributed by atoms with E-state index in [9.17, 15) is 4.79 Å². The molecule has 0 unspecified atom stereocenters. The van der Waals surface area contributed by atoms with E-state index in [1.807, 2.05) is 18.2 Å². The van der Waals surface area contributed by atoms with Crippen LogP contribution in [0.5, 0.6) is 0 Å². The number of fused-ring (bicyclic) bond motifs is 1. The summed E-state index contributed by atoms with van der Waals surface area (Å²) < 4.78 is 1.47. The first-order valence-electron chi connectivity index (χ1n) is 6.28. The minimum Gasteiger partial charge on any atom is -0.339 e. The molecule has 3 rings (SSSR count). The summed E-state index contributed by atoms with van der Waals surface area (Å²) in [4.78, 5) is 21.3. The summed E-state index contributed by atoms with van der Waals surface area (Å²) in [5.41, 5.74) is 0.691. The van der Waals surface area contributed by atoms with Gasteiger partial charge < -0.3 is 9.80 Å². The minimum absolute atomic E-state index is 0.0560. The second kappa shape index (κ2) is 4.94. The summed E-state index contributed by atoms with van der Waals surface area (Å²) >= 11 is 3.34. The molecule has 100 valence electrons. The molecular weight excluding hydrogens is 308 g/mol. The molecule has 0 radical (unpaired) electrons. The first-order chi connectivity index (χ1) is 9.16. The van der Waals surface area contributed by atoms with Gasteiger partial charge in [0.2, 0.25) is 5.95 Å². The lowest BCUT2D eigenvalue weighted by Crippen LogP contribution is -2.46. The SMILES string of the molecule is CN1CCN(c2nc3ccccc3c(=O)n2Br)CC1. The molecule has 1 saturated heterocycles. The van der Waals surface area contributed by atoms with Crippen molar-refractivity contribution in [2.75, 3.05) is 38.1 Å². The predicted octanol–water partition coefficient (Wildman–Crippen LogP) is 1.31. The van der Waals surface area contributed by atoms with Crippen molar-refractivity contribution in [1.29, 1.82) is 0 Å². The highest BCUT2D eigenvalue weighted by Gasteiger charge is 2.19. The van der Waals surface area contributed by atoms with Gasteiger partial charge in [0.1, 0.15) is 0 Å². The maximum Gasteiger partial charge on any atom is 0.273 e. The molecule has 1 aliphatic rings. The van der Waals surface area contributed by atoms with Crippen molar-refractivity contribution >= 4 is 33.0 Å². The smallest absolute Gasteiger partial charge is 0.273 e. The van der Waals surface area contributed by atoms with Gasteiger partial charge in [0.15, 0.2) is 0 Å². The standard InChI is InChI=1S/C13H15BrN4O/c1-16-6-8-17(9-7-16)13-15-11-5-3-2-4-10(11)12(19)18(13)14/h2-5H,6-9H2,1H3. The molecule has 0 N–H and O–H groups in total. The van der Waals surface area contributed by atoms with Gasteiger partial charge in [-0.3, -0.25) is 4.79 Å². The highest BCUT2D eigenvalue weighted by atomic mass is 79.9. The molecule has 1 fully saturated rings. The van der Waals surface area contributed by atoms with Gasteiger partial charge in [0, 0.05) is 26.2 Å². The molecule has 2 heterocycles. The number of halogens is 1. The Labute approximate surface area is 119 Å². The fourth-order valence-electron chi connectivity index (χ4n) is 2.30. The van der Waals surface area contributed by atoms with E-state index < -0.39 is 0 Å². The van der Waals surface area contributed by atoms with E-state index in [1.54, 1.807) is 6.07 Å². The van der Waals surface area contributed by atoms with Crippen molar-refractivity contribution in [2.45, 2.75) is 0 Å². The zero-order chi connectivity index (χ0) is 13.4. The highest BCUT2D eigenvalue weighted by Crippen LogP contribution is 2.17. The summed E-state index contributed by atoms with van der Waals surface area (Å²) in [5, 5.41) is 0.636. The summed E-state index contributed by atoms with van der Waals surface area (Å²) in [6.45, 7) is 3.73. The highest BCUT2D eigenvalue weighted by molar-refractivity contribution is 9.08. The minimum atomic E-state index is -0.0560. The van der Waals surface area contributed by atoms with Crippen molar-refractivity contribution in [1.82, 2.24) is 13.5 Å². The zero-order valence-electron chi connectivity index (χ0n) is 10.7. The Morgan fingerprint density at radius 1 is 1.16 bits per heavy atom. The normalized spacial score (nSPS) is 17.1. The Balaban J connectivity index is 2.09. The molecule has 1 aromatic heterocycles. The largest absolute Gasteiger partial charge is 0.339 e. The Morgan fingerprint density at radius 3 is 2.58 bits per heavy atom. The average Bonchev–Trinajstić information content (AvgIpc) is 2.44. The molecule has 1 aliphatic heterocycles. The molecule has 0 saturated carbocycles. The van der Waals surface area contributed by atoms with Crippen LogP contribution in [0.1, 0.15) is 0 Å². The molecule has 6 heteroatoms. The number of hydrogen-bond acceptors (Lipinski definition) is 4. The van der Waals surface area contributed by atoms with Crippen LogP contribution in [0, 0.1) is 0 Å². The number of para-hydroxylation sites is 1. The van der Waals surface area contributed by atoms with Gasteiger partial charge in [-0.25, -0.2) is 8.58 Å². The predicted molar refractivity (Wildman–Crippen MR) is 80.0 cm³/mol. The van der Waals surface area contributed by atoms with Gasteiger partial charge in [0.25, 0.3) is 5.56 Å². The maximum atomic E-state index is 12.3. The molecule has 0 spiro atoms. The van der Waals surface area contributed by atoms with Gasteiger partial charge in [0.05, 0.1) is 27.1 Å². The zero-order valence-corrected chi connectivity index (χ0v) is 12.3. The molecule has 0 bridgehead atoms. The molecule has 0 amide bonds. The number of likely N-dealkylation sites (N-methyl/N-ethyl adjacent to an activating group) is 1. The summed E-state index contributed by atoms with van der Waals surface area (Å²) in [5.74, 6) is 0.691. The molecule has 2 aromatic rings. The topological polar surface area (TPSA) is 41.4 Å². The second-order valence-electron chi connectivity index (χ2n) is 4.81. The summed E-state index contributed by atoms with van der Waals surface area (Å²) in [7, 11) is 2.10. The third-order valence-corrected chi connectivity index (χ3v) is 4.13. The number of anilines is 1. The lowest BCUT2D eigenvalue weighted by molar-refractivity contribution is 0.311. The van der Waals surface area contributed by atoms with Crippen LogP contribution in [0.15, 0.2) is 29.1 Å². The van der Waals surface area contributed by atoms with Crippen LogP contribution in [0.2, 0.25) is 0 Å². The van der Waals surface area contributed by atoms with Gasteiger partial charge in [-0.1, -0.05) is 12.1 Å². The molecular formula is C13H15BrN4O. The first kappa shape index (κ1) is 12.6. The Hall–Kier alpha value is -1.40. The van der Waals surface area contributed by atoms with Crippen LogP contribution < -0.4 is 10.5 Å². The van der Waals surface area contributed by atoms with Crippen molar-refractivity contribution in [2.24, 2.45) is 0 Å². The Bertz CT molecular complexity index is 661. The number of piperazine rings is 1. The van der Waals surface area contributed by atoms with Crippen molar-refractivity contribution in [3.8, 4) is 0 Å². The van der Waals surface area contributed by atoms with Gasteiger partial charge in [-0.2, -0.15) is 0 Å². The van der Waals surface area contributed by atoms with Crippen LogP contribution in [-0.4, -0.2) is 46.7 Å².